The molecule has 104 valence electrons. The second kappa shape index (κ2) is 6.03. The lowest BCUT2D eigenvalue weighted by Gasteiger charge is -2.11. The van der Waals surface area contributed by atoms with Crippen molar-refractivity contribution in [3.63, 3.8) is 0 Å². The highest BCUT2D eigenvalue weighted by molar-refractivity contribution is 5.73. The van der Waals surface area contributed by atoms with Gasteiger partial charge in [0.2, 0.25) is 5.75 Å². The highest BCUT2D eigenvalue weighted by Gasteiger charge is 2.29. The van der Waals surface area contributed by atoms with Crippen LogP contribution in [0.2, 0.25) is 0 Å². The Hall–Kier alpha value is -2.32. The van der Waals surface area contributed by atoms with Crippen molar-refractivity contribution in [2.45, 2.75) is 12.8 Å². The smallest absolute Gasteiger partial charge is 0.329 e. The van der Waals surface area contributed by atoms with Crippen molar-refractivity contribution in [2.75, 3.05) is 14.2 Å². The SMILES string of the molecule is COC(=O)Cc1ncc([N+](=O)[O-])c(OC)c1C(F)F. The molecular weight excluding hydrogens is 266 g/mol. The van der Waals surface area contributed by atoms with Crippen molar-refractivity contribution < 1.29 is 28.0 Å². The largest absolute Gasteiger partial charge is 0.490 e. The van der Waals surface area contributed by atoms with Gasteiger partial charge in [-0.05, 0) is 0 Å². The molecule has 0 fully saturated rings. The van der Waals surface area contributed by atoms with Gasteiger partial charge in [-0.1, -0.05) is 0 Å². The summed E-state index contributed by atoms with van der Waals surface area (Å²) in [6.45, 7) is 0. The van der Waals surface area contributed by atoms with Crippen LogP contribution in [0.1, 0.15) is 17.7 Å². The third-order valence-electron chi connectivity index (χ3n) is 2.29. The van der Waals surface area contributed by atoms with Crippen LogP contribution in [0.4, 0.5) is 14.5 Å². The molecule has 0 aliphatic carbocycles. The summed E-state index contributed by atoms with van der Waals surface area (Å²) >= 11 is 0. The lowest BCUT2D eigenvalue weighted by molar-refractivity contribution is -0.386. The van der Waals surface area contributed by atoms with Gasteiger partial charge >= 0.3 is 11.7 Å². The Morgan fingerprint density at radius 1 is 1.53 bits per heavy atom. The standard InChI is InChI=1S/C10H10F2N2O5/c1-18-7(15)3-5-8(10(11)12)9(19-2)6(4-13-5)14(16)17/h4,10H,3H2,1-2H3. The van der Waals surface area contributed by atoms with Crippen LogP contribution in [0, 0.1) is 10.1 Å². The van der Waals surface area contributed by atoms with E-state index < -0.39 is 40.7 Å². The molecule has 0 spiro atoms. The molecule has 7 nitrogen and oxygen atoms in total. The molecule has 9 heteroatoms. The Labute approximate surface area is 106 Å². The zero-order valence-corrected chi connectivity index (χ0v) is 10.1. The van der Waals surface area contributed by atoms with E-state index in [-0.39, 0.29) is 5.69 Å². The van der Waals surface area contributed by atoms with E-state index >= 15 is 0 Å². The first-order chi connectivity index (χ1) is 8.92. The van der Waals surface area contributed by atoms with E-state index in [0.29, 0.717) is 0 Å². The van der Waals surface area contributed by atoms with E-state index in [1.165, 1.54) is 0 Å². The minimum absolute atomic E-state index is 0.315. The topological polar surface area (TPSA) is 91.6 Å². The molecule has 0 bridgehead atoms. The van der Waals surface area contributed by atoms with Gasteiger partial charge < -0.3 is 9.47 Å². The quantitative estimate of drug-likeness (QED) is 0.461. The van der Waals surface area contributed by atoms with Crippen molar-refractivity contribution in [2.24, 2.45) is 0 Å². The molecule has 1 heterocycles. The van der Waals surface area contributed by atoms with Gasteiger partial charge in [0.15, 0.2) is 0 Å². The van der Waals surface area contributed by atoms with Crippen LogP contribution in [0.25, 0.3) is 0 Å². The van der Waals surface area contributed by atoms with Crippen LogP contribution in [0.5, 0.6) is 5.75 Å². The van der Waals surface area contributed by atoms with Crippen LogP contribution in [-0.2, 0) is 16.0 Å². The van der Waals surface area contributed by atoms with E-state index in [0.717, 1.165) is 20.4 Å². The number of nitro groups is 1. The molecule has 1 aromatic rings. The number of ether oxygens (including phenoxy) is 2. The van der Waals surface area contributed by atoms with Crippen LogP contribution < -0.4 is 4.74 Å². The second-order valence-corrected chi connectivity index (χ2v) is 3.35. The van der Waals surface area contributed by atoms with Crippen LogP contribution in [-0.4, -0.2) is 30.1 Å². The third-order valence-corrected chi connectivity index (χ3v) is 2.29. The molecule has 19 heavy (non-hydrogen) atoms. The van der Waals surface area contributed by atoms with E-state index in [1.807, 2.05) is 0 Å². The Morgan fingerprint density at radius 2 is 2.16 bits per heavy atom. The molecule has 0 saturated carbocycles. The fraction of sp³-hybridized carbons (Fsp3) is 0.400. The lowest BCUT2D eigenvalue weighted by atomic mass is 10.1. The predicted molar refractivity (Wildman–Crippen MR) is 58.1 cm³/mol. The zero-order valence-electron chi connectivity index (χ0n) is 10.1. The molecule has 0 saturated heterocycles. The summed E-state index contributed by atoms with van der Waals surface area (Å²) in [5, 5.41) is 10.7. The van der Waals surface area contributed by atoms with E-state index in [4.69, 9.17) is 0 Å². The molecule has 0 radical (unpaired) electrons. The molecule has 0 aliphatic rings. The monoisotopic (exact) mass is 276 g/mol. The summed E-state index contributed by atoms with van der Waals surface area (Å²) in [5.41, 5.74) is -1.78. The predicted octanol–water partition coefficient (Wildman–Crippen LogP) is 1.65. The number of halogens is 2. The highest BCUT2D eigenvalue weighted by Crippen LogP contribution is 2.38. The number of nitrogens with zero attached hydrogens (tertiary/aromatic N) is 2. The summed E-state index contributed by atoms with van der Waals surface area (Å²) in [6.07, 6.45) is -2.82. The van der Waals surface area contributed by atoms with Gasteiger partial charge in [-0.15, -0.1) is 0 Å². The maximum absolute atomic E-state index is 13.0. The number of hydrogen-bond acceptors (Lipinski definition) is 6. The molecule has 1 aromatic heterocycles. The van der Waals surface area contributed by atoms with Gasteiger partial charge in [-0.3, -0.25) is 19.9 Å². The lowest BCUT2D eigenvalue weighted by Crippen LogP contribution is -2.11. The zero-order chi connectivity index (χ0) is 14.6. The van der Waals surface area contributed by atoms with Crippen molar-refractivity contribution >= 4 is 11.7 Å². The molecular formula is C10H10F2N2O5. The first-order valence-corrected chi connectivity index (χ1v) is 4.97. The number of alkyl halides is 2. The van der Waals surface area contributed by atoms with Gasteiger partial charge in [0.1, 0.15) is 6.20 Å². The highest BCUT2D eigenvalue weighted by atomic mass is 19.3. The first-order valence-electron chi connectivity index (χ1n) is 4.97. The fourth-order valence-corrected chi connectivity index (χ4v) is 1.46. The van der Waals surface area contributed by atoms with E-state index in [9.17, 15) is 23.7 Å². The minimum Gasteiger partial charge on any atom is -0.490 e. The number of esters is 1. The number of carbonyl (C=O) groups is 1. The molecule has 0 N–H and O–H groups in total. The summed E-state index contributed by atoms with van der Waals surface area (Å²) in [6, 6.07) is 0. The molecule has 0 unspecified atom stereocenters. The number of hydrogen-bond donors (Lipinski definition) is 0. The number of carbonyl (C=O) groups excluding carboxylic acids is 1. The van der Waals surface area contributed by atoms with Crippen molar-refractivity contribution in [1.29, 1.82) is 0 Å². The minimum atomic E-state index is -3.07. The first kappa shape index (κ1) is 14.7. The average Bonchev–Trinajstić information content (AvgIpc) is 2.36. The van der Waals surface area contributed by atoms with Crippen molar-refractivity contribution in [3.8, 4) is 5.75 Å². The normalized spacial score (nSPS) is 10.4. The summed E-state index contributed by atoms with van der Waals surface area (Å²) in [7, 11) is 2.11. The van der Waals surface area contributed by atoms with Gasteiger partial charge in [0.05, 0.1) is 36.8 Å². The van der Waals surface area contributed by atoms with Crippen LogP contribution in [0.3, 0.4) is 0 Å². The van der Waals surface area contributed by atoms with Gasteiger partial charge in [-0.2, -0.15) is 0 Å². The Morgan fingerprint density at radius 3 is 2.58 bits per heavy atom. The van der Waals surface area contributed by atoms with Gasteiger partial charge in [-0.25, -0.2) is 8.78 Å². The van der Waals surface area contributed by atoms with Crippen LogP contribution >= 0.6 is 0 Å². The van der Waals surface area contributed by atoms with Crippen LogP contribution in [0.15, 0.2) is 6.20 Å². The summed E-state index contributed by atoms with van der Waals surface area (Å²) in [5.74, 6) is -1.39. The summed E-state index contributed by atoms with van der Waals surface area (Å²) in [4.78, 5) is 24.4. The number of pyridine rings is 1. The van der Waals surface area contributed by atoms with E-state index in [2.05, 4.69) is 14.5 Å². The van der Waals surface area contributed by atoms with Gasteiger partial charge in [0, 0.05) is 0 Å². The number of aromatic nitrogens is 1. The number of rotatable bonds is 5. The molecule has 1 rings (SSSR count). The molecule has 0 atom stereocenters. The molecule has 0 aliphatic heterocycles. The average molecular weight is 276 g/mol. The fourth-order valence-electron chi connectivity index (χ4n) is 1.46. The maximum Gasteiger partial charge on any atom is 0.329 e. The third kappa shape index (κ3) is 3.12. The molecule has 0 amide bonds. The Balaban J connectivity index is 3.41. The summed E-state index contributed by atoms with van der Waals surface area (Å²) < 4.78 is 34.9. The Bertz CT molecular complexity index is 507. The maximum atomic E-state index is 13.0. The van der Waals surface area contributed by atoms with E-state index in [1.54, 1.807) is 0 Å². The van der Waals surface area contributed by atoms with Crippen molar-refractivity contribution in [1.82, 2.24) is 4.98 Å². The molecule has 0 aromatic carbocycles. The second-order valence-electron chi connectivity index (χ2n) is 3.35. The number of methoxy groups -OCH3 is 2. The van der Waals surface area contributed by atoms with Crippen molar-refractivity contribution in [3.05, 3.63) is 27.6 Å². The van der Waals surface area contributed by atoms with Gasteiger partial charge in [0.25, 0.3) is 6.43 Å². The Kier molecular flexibility index (Phi) is 4.67.